The zero-order chi connectivity index (χ0) is 14.8. The summed E-state index contributed by atoms with van der Waals surface area (Å²) in [6, 6.07) is 7.95. The number of nitrogens with zero attached hydrogens (tertiary/aromatic N) is 2. The number of rotatable bonds is 7. The molecule has 0 atom stereocenters. The molecular formula is C15H26ClIN4. The molecule has 0 aliphatic rings. The highest BCUT2D eigenvalue weighted by molar-refractivity contribution is 14.0. The van der Waals surface area contributed by atoms with Crippen molar-refractivity contribution in [3.63, 3.8) is 0 Å². The van der Waals surface area contributed by atoms with Gasteiger partial charge in [0.15, 0.2) is 5.96 Å². The summed E-state index contributed by atoms with van der Waals surface area (Å²) in [5.74, 6) is 0.859. The van der Waals surface area contributed by atoms with E-state index in [4.69, 9.17) is 11.6 Å². The largest absolute Gasteiger partial charge is 0.356 e. The van der Waals surface area contributed by atoms with Crippen LogP contribution in [0, 0.1) is 0 Å². The minimum atomic E-state index is 0. The van der Waals surface area contributed by atoms with Crippen LogP contribution in [0.15, 0.2) is 29.3 Å². The van der Waals surface area contributed by atoms with E-state index in [1.807, 2.05) is 12.1 Å². The van der Waals surface area contributed by atoms with Gasteiger partial charge >= 0.3 is 0 Å². The van der Waals surface area contributed by atoms with Crippen molar-refractivity contribution >= 4 is 41.5 Å². The molecule has 0 aliphatic carbocycles. The zero-order valence-electron chi connectivity index (χ0n) is 13.0. The standard InChI is InChI=1S/C15H25ClN4.HI/c1-17-15(18-10-4-12-20(2)3)19-11-9-13-5-7-14(16)8-6-13;/h5-8H,4,9-12H2,1-3H3,(H2,17,18,19);1H. The van der Waals surface area contributed by atoms with Gasteiger partial charge in [-0.05, 0) is 51.2 Å². The number of halogens is 2. The predicted molar refractivity (Wildman–Crippen MR) is 103 cm³/mol. The molecule has 0 heterocycles. The molecule has 4 nitrogen and oxygen atoms in total. The highest BCUT2D eigenvalue weighted by Crippen LogP contribution is 2.09. The van der Waals surface area contributed by atoms with Crippen molar-refractivity contribution < 1.29 is 0 Å². The average molecular weight is 425 g/mol. The van der Waals surface area contributed by atoms with Crippen LogP contribution in [0.3, 0.4) is 0 Å². The van der Waals surface area contributed by atoms with Crippen LogP contribution in [0.2, 0.25) is 5.02 Å². The van der Waals surface area contributed by atoms with Gasteiger partial charge in [0, 0.05) is 25.2 Å². The van der Waals surface area contributed by atoms with E-state index in [0.717, 1.165) is 43.5 Å². The lowest BCUT2D eigenvalue weighted by Gasteiger charge is -2.13. The Morgan fingerprint density at radius 1 is 1.14 bits per heavy atom. The monoisotopic (exact) mass is 424 g/mol. The number of hydrogen-bond acceptors (Lipinski definition) is 2. The smallest absolute Gasteiger partial charge is 0.190 e. The first-order chi connectivity index (χ1) is 9.61. The molecule has 0 saturated carbocycles. The van der Waals surface area contributed by atoms with Gasteiger partial charge in [-0.25, -0.2) is 0 Å². The summed E-state index contributed by atoms with van der Waals surface area (Å²) in [4.78, 5) is 6.39. The summed E-state index contributed by atoms with van der Waals surface area (Å²) in [7, 11) is 5.96. The van der Waals surface area contributed by atoms with E-state index in [-0.39, 0.29) is 24.0 Å². The van der Waals surface area contributed by atoms with Crippen molar-refractivity contribution in [2.45, 2.75) is 12.8 Å². The Bertz CT molecular complexity index is 407. The topological polar surface area (TPSA) is 39.7 Å². The molecule has 0 fully saturated rings. The Balaban J connectivity index is 0.00000400. The second-order valence-electron chi connectivity index (χ2n) is 4.96. The normalized spacial score (nSPS) is 11.2. The van der Waals surface area contributed by atoms with Crippen LogP contribution in [-0.2, 0) is 6.42 Å². The van der Waals surface area contributed by atoms with E-state index in [0.29, 0.717) is 0 Å². The molecule has 2 N–H and O–H groups in total. The SMILES string of the molecule is CN=C(NCCCN(C)C)NCCc1ccc(Cl)cc1.I. The fourth-order valence-corrected chi connectivity index (χ4v) is 1.92. The first-order valence-corrected chi connectivity index (χ1v) is 7.33. The van der Waals surface area contributed by atoms with Gasteiger partial charge in [-0.3, -0.25) is 4.99 Å². The molecule has 21 heavy (non-hydrogen) atoms. The van der Waals surface area contributed by atoms with Crippen LogP contribution in [0.1, 0.15) is 12.0 Å². The van der Waals surface area contributed by atoms with Gasteiger partial charge in [0.1, 0.15) is 0 Å². The second-order valence-corrected chi connectivity index (χ2v) is 5.40. The minimum absolute atomic E-state index is 0. The summed E-state index contributed by atoms with van der Waals surface area (Å²) in [5, 5.41) is 7.40. The Labute approximate surface area is 150 Å². The fourth-order valence-electron chi connectivity index (χ4n) is 1.80. The summed E-state index contributed by atoms with van der Waals surface area (Å²) in [5.41, 5.74) is 1.27. The molecule has 1 aromatic rings. The van der Waals surface area contributed by atoms with Crippen LogP contribution in [0.5, 0.6) is 0 Å². The quantitative estimate of drug-likeness (QED) is 0.306. The van der Waals surface area contributed by atoms with Gasteiger partial charge in [0.2, 0.25) is 0 Å². The van der Waals surface area contributed by atoms with Crippen molar-refractivity contribution in [2.75, 3.05) is 40.8 Å². The highest BCUT2D eigenvalue weighted by Gasteiger charge is 1.98. The Morgan fingerprint density at radius 2 is 1.76 bits per heavy atom. The van der Waals surface area contributed by atoms with Gasteiger partial charge in [-0.15, -0.1) is 24.0 Å². The Kier molecular flexibility index (Phi) is 11.8. The van der Waals surface area contributed by atoms with Crippen LogP contribution < -0.4 is 10.6 Å². The first-order valence-electron chi connectivity index (χ1n) is 6.95. The van der Waals surface area contributed by atoms with Crippen molar-refractivity contribution in [1.29, 1.82) is 0 Å². The number of aliphatic imine (C=N–C) groups is 1. The second kappa shape index (κ2) is 12.1. The van der Waals surface area contributed by atoms with Crippen LogP contribution in [-0.4, -0.2) is 51.6 Å². The van der Waals surface area contributed by atoms with E-state index in [1.54, 1.807) is 7.05 Å². The predicted octanol–water partition coefficient (Wildman–Crippen LogP) is 2.62. The first kappa shape index (κ1) is 20.5. The lowest BCUT2D eigenvalue weighted by atomic mass is 10.1. The van der Waals surface area contributed by atoms with Crippen LogP contribution in [0.25, 0.3) is 0 Å². The number of guanidine groups is 1. The molecular weight excluding hydrogens is 399 g/mol. The van der Waals surface area contributed by atoms with Crippen molar-refractivity contribution in [1.82, 2.24) is 15.5 Å². The molecule has 0 aromatic heterocycles. The highest BCUT2D eigenvalue weighted by atomic mass is 127. The molecule has 0 bridgehead atoms. The molecule has 0 spiro atoms. The lowest BCUT2D eigenvalue weighted by molar-refractivity contribution is 0.399. The maximum Gasteiger partial charge on any atom is 0.190 e. The summed E-state index contributed by atoms with van der Waals surface area (Å²) in [6.07, 6.45) is 2.06. The molecule has 1 aromatic carbocycles. The average Bonchev–Trinajstić information content (AvgIpc) is 2.43. The lowest BCUT2D eigenvalue weighted by Crippen LogP contribution is -2.39. The summed E-state index contributed by atoms with van der Waals surface area (Å²) >= 11 is 5.86. The van der Waals surface area contributed by atoms with Gasteiger partial charge in [-0.2, -0.15) is 0 Å². The fraction of sp³-hybridized carbons (Fsp3) is 0.533. The number of benzene rings is 1. The summed E-state index contributed by atoms with van der Waals surface area (Å²) < 4.78 is 0. The maximum absolute atomic E-state index is 5.86. The third-order valence-corrected chi connectivity index (χ3v) is 3.17. The van der Waals surface area contributed by atoms with E-state index < -0.39 is 0 Å². The molecule has 0 unspecified atom stereocenters. The molecule has 120 valence electrons. The van der Waals surface area contributed by atoms with E-state index >= 15 is 0 Å². The number of hydrogen-bond donors (Lipinski definition) is 2. The number of nitrogens with one attached hydrogen (secondary N) is 2. The van der Waals surface area contributed by atoms with Gasteiger partial charge in [-0.1, -0.05) is 23.7 Å². The van der Waals surface area contributed by atoms with Gasteiger partial charge < -0.3 is 15.5 Å². The minimum Gasteiger partial charge on any atom is -0.356 e. The molecule has 0 radical (unpaired) electrons. The molecule has 0 aliphatic heterocycles. The molecule has 1 rings (SSSR count). The third-order valence-electron chi connectivity index (χ3n) is 2.92. The van der Waals surface area contributed by atoms with Crippen molar-refractivity contribution in [3.05, 3.63) is 34.9 Å². The van der Waals surface area contributed by atoms with E-state index in [2.05, 4.69) is 46.8 Å². The molecule has 6 heteroatoms. The zero-order valence-corrected chi connectivity index (χ0v) is 16.1. The maximum atomic E-state index is 5.86. The van der Waals surface area contributed by atoms with Gasteiger partial charge in [0.25, 0.3) is 0 Å². The van der Waals surface area contributed by atoms with E-state index in [9.17, 15) is 0 Å². The van der Waals surface area contributed by atoms with Crippen LogP contribution >= 0.6 is 35.6 Å². The Morgan fingerprint density at radius 3 is 2.33 bits per heavy atom. The third kappa shape index (κ3) is 9.92. The van der Waals surface area contributed by atoms with E-state index in [1.165, 1.54) is 5.56 Å². The van der Waals surface area contributed by atoms with Crippen LogP contribution in [0.4, 0.5) is 0 Å². The van der Waals surface area contributed by atoms with Gasteiger partial charge in [0.05, 0.1) is 0 Å². The summed E-state index contributed by atoms with van der Waals surface area (Å²) in [6.45, 7) is 2.86. The van der Waals surface area contributed by atoms with Crippen molar-refractivity contribution in [2.24, 2.45) is 4.99 Å². The Hall–Kier alpha value is -0.530. The molecule has 0 saturated heterocycles. The van der Waals surface area contributed by atoms with Crippen molar-refractivity contribution in [3.8, 4) is 0 Å². The molecule has 0 amide bonds.